The van der Waals surface area contributed by atoms with Gasteiger partial charge in [0.15, 0.2) is 0 Å². The quantitative estimate of drug-likeness (QED) is 0.769. The first-order valence-corrected chi connectivity index (χ1v) is 6.78. The number of thiophene rings is 1. The van der Waals surface area contributed by atoms with Crippen molar-refractivity contribution in [2.45, 2.75) is 12.8 Å². The lowest BCUT2D eigenvalue weighted by Gasteiger charge is -2.29. The molecule has 0 atom stereocenters. The normalized spacial score (nSPS) is 14.4. The van der Waals surface area contributed by atoms with Crippen LogP contribution in [-0.2, 0) is 6.42 Å². The molecule has 1 aromatic carbocycles. The van der Waals surface area contributed by atoms with Crippen molar-refractivity contribution in [3.63, 3.8) is 0 Å². The highest BCUT2D eigenvalue weighted by molar-refractivity contribution is 7.12. The van der Waals surface area contributed by atoms with Gasteiger partial charge in [-0.25, -0.2) is 4.39 Å². The molecule has 0 unspecified atom stereocenters. The van der Waals surface area contributed by atoms with E-state index in [9.17, 15) is 9.18 Å². The molecule has 0 saturated carbocycles. The van der Waals surface area contributed by atoms with E-state index in [0.717, 1.165) is 18.4 Å². The minimum absolute atomic E-state index is 0.101. The lowest BCUT2D eigenvalue weighted by Crippen LogP contribution is -2.35. The van der Waals surface area contributed by atoms with E-state index in [1.165, 1.54) is 17.4 Å². The Bertz CT molecular complexity index is 579. The molecule has 1 aliphatic heterocycles. The van der Waals surface area contributed by atoms with Gasteiger partial charge in [-0.2, -0.15) is 0 Å². The third-order valence-corrected chi connectivity index (χ3v) is 4.00. The minimum Gasteiger partial charge on any atom is -0.305 e. The average Bonchev–Trinajstić information content (AvgIpc) is 2.91. The van der Waals surface area contributed by atoms with Crippen molar-refractivity contribution in [1.82, 2.24) is 0 Å². The Morgan fingerprint density at radius 3 is 2.94 bits per heavy atom. The monoisotopic (exact) mass is 261 g/mol. The Hall–Kier alpha value is -1.68. The molecule has 4 heteroatoms. The maximum Gasteiger partial charge on any atom is 0.268 e. The highest BCUT2D eigenvalue weighted by Gasteiger charge is 2.26. The molecule has 2 heterocycles. The van der Waals surface area contributed by atoms with Gasteiger partial charge in [-0.1, -0.05) is 18.2 Å². The molecule has 3 rings (SSSR count). The minimum atomic E-state index is -0.308. The van der Waals surface area contributed by atoms with Crippen LogP contribution in [0.2, 0.25) is 0 Å². The predicted octanol–water partition coefficient (Wildman–Crippen LogP) is 3.48. The molecule has 0 N–H and O–H groups in total. The summed E-state index contributed by atoms with van der Waals surface area (Å²) in [6.45, 7) is 0.588. The topological polar surface area (TPSA) is 20.3 Å². The number of rotatable bonds is 1. The zero-order valence-electron chi connectivity index (χ0n) is 9.73. The van der Waals surface area contributed by atoms with E-state index < -0.39 is 0 Å². The molecular weight excluding hydrogens is 249 g/mol. The third kappa shape index (κ3) is 1.82. The van der Waals surface area contributed by atoms with Crippen molar-refractivity contribution < 1.29 is 9.18 Å². The number of carbonyl (C=O) groups is 1. The second-order valence-corrected chi connectivity index (χ2v) is 5.23. The summed E-state index contributed by atoms with van der Waals surface area (Å²) in [5, 5.41) is 1.86. The summed E-state index contributed by atoms with van der Waals surface area (Å²) in [6.07, 6.45) is 1.72. The fraction of sp³-hybridized carbons (Fsp3) is 0.214. The first-order valence-electron chi connectivity index (χ1n) is 5.90. The lowest BCUT2D eigenvalue weighted by molar-refractivity contribution is 0.0988. The fourth-order valence-corrected chi connectivity index (χ4v) is 3.01. The van der Waals surface area contributed by atoms with Crippen LogP contribution in [0, 0.1) is 5.82 Å². The molecule has 2 nitrogen and oxygen atoms in total. The molecule has 0 radical (unpaired) electrons. The molecule has 1 aromatic heterocycles. The van der Waals surface area contributed by atoms with Crippen LogP contribution in [0.5, 0.6) is 0 Å². The van der Waals surface area contributed by atoms with Gasteiger partial charge in [0.1, 0.15) is 5.82 Å². The smallest absolute Gasteiger partial charge is 0.268 e. The summed E-state index contributed by atoms with van der Waals surface area (Å²) in [5.41, 5.74) is 1.38. The molecule has 0 aliphatic carbocycles. The second kappa shape index (κ2) is 4.53. The summed E-state index contributed by atoms with van der Waals surface area (Å²) in [4.78, 5) is 14.6. The average molecular weight is 261 g/mol. The van der Waals surface area contributed by atoms with E-state index in [0.29, 0.717) is 17.1 Å². The zero-order valence-corrected chi connectivity index (χ0v) is 10.5. The zero-order chi connectivity index (χ0) is 12.5. The van der Waals surface area contributed by atoms with E-state index >= 15 is 0 Å². The standard InChI is InChI=1S/C14H12FNOS/c15-11-6-1-4-10-5-2-8-16(13(10)11)14(17)12-7-3-9-18-12/h1,3-4,6-7,9H,2,5,8H2. The Morgan fingerprint density at radius 1 is 1.28 bits per heavy atom. The second-order valence-electron chi connectivity index (χ2n) is 4.29. The Kier molecular flexibility index (Phi) is 2.88. The number of para-hydroxylation sites is 1. The number of hydrogen-bond donors (Lipinski definition) is 0. The van der Waals surface area contributed by atoms with Crippen LogP contribution in [0.3, 0.4) is 0 Å². The van der Waals surface area contributed by atoms with E-state index in [-0.39, 0.29) is 11.7 Å². The number of aryl methyl sites for hydroxylation is 1. The SMILES string of the molecule is O=C(c1cccs1)N1CCCc2cccc(F)c21. The van der Waals surface area contributed by atoms with Gasteiger partial charge in [0.25, 0.3) is 5.91 Å². The molecule has 0 bridgehead atoms. The van der Waals surface area contributed by atoms with Gasteiger partial charge in [0.05, 0.1) is 10.6 Å². The molecule has 2 aromatic rings. The van der Waals surface area contributed by atoms with Crippen LogP contribution >= 0.6 is 11.3 Å². The predicted molar refractivity (Wildman–Crippen MR) is 70.7 cm³/mol. The van der Waals surface area contributed by atoms with Gasteiger partial charge >= 0.3 is 0 Å². The number of nitrogens with zero attached hydrogens (tertiary/aromatic N) is 1. The van der Waals surface area contributed by atoms with E-state index in [2.05, 4.69) is 0 Å². The van der Waals surface area contributed by atoms with Crippen LogP contribution in [0.4, 0.5) is 10.1 Å². The summed E-state index contributed by atoms with van der Waals surface area (Å²) < 4.78 is 13.9. The lowest BCUT2D eigenvalue weighted by atomic mass is 10.0. The highest BCUT2D eigenvalue weighted by atomic mass is 32.1. The number of benzene rings is 1. The fourth-order valence-electron chi connectivity index (χ4n) is 2.34. The molecule has 0 saturated heterocycles. The maximum absolute atomic E-state index is 13.9. The molecule has 0 spiro atoms. The van der Waals surface area contributed by atoms with Crippen molar-refractivity contribution in [2.75, 3.05) is 11.4 Å². The number of amides is 1. The van der Waals surface area contributed by atoms with Crippen molar-refractivity contribution in [2.24, 2.45) is 0 Å². The summed E-state index contributed by atoms with van der Waals surface area (Å²) >= 11 is 1.39. The maximum atomic E-state index is 13.9. The number of carbonyl (C=O) groups excluding carboxylic acids is 1. The largest absolute Gasteiger partial charge is 0.305 e. The molecule has 0 fully saturated rings. The number of anilines is 1. The van der Waals surface area contributed by atoms with Gasteiger partial charge in [0, 0.05) is 6.54 Å². The molecule has 1 amide bonds. The van der Waals surface area contributed by atoms with Crippen LogP contribution in [0.15, 0.2) is 35.7 Å². The van der Waals surface area contributed by atoms with Gasteiger partial charge in [-0.15, -0.1) is 11.3 Å². The van der Waals surface area contributed by atoms with Crippen LogP contribution in [0.25, 0.3) is 0 Å². The van der Waals surface area contributed by atoms with E-state index in [4.69, 9.17) is 0 Å². The van der Waals surface area contributed by atoms with Crippen LogP contribution in [-0.4, -0.2) is 12.5 Å². The van der Waals surface area contributed by atoms with E-state index in [1.54, 1.807) is 17.0 Å². The van der Waals surface area contributed by atoms with Gasteiger partial charge in [0.2, 0.25) is 0 Å². The molecule has 1 aliphatic rings. The Labute approximate surface area is 109 Å². The van der Waals surface area contributed by atoms with Crippen molar-refractivity contribution in [3.05, 3.63) is 52.0 Å². The highest BCUT2D eigenvalue weighted by Crippen LogP contribution is 2.31. The van der Waals surface area contributed by atoms with Gasteiger partial charge < -0.3 is 4.90 Å². The van der Waals surface area contributed by atoms with Gasteiger partial charge in [-0.3, -0.25) is 4.79 Å². The van der Waals surface area contributed by atoms with Gasteiger partial charge in [-0.05, 0) is 35.9 Å². The summed E-state index contributed by atoms with van der Waals surface area (Å²) in [6, 6.07) is 8.63. The summed E-state index contributed by atoms with van der Waals surface area (Å²) in [7, 11) is 0. The van der Waals surface area contributed by atoms with Crippen LogP contribution < -0.4 is 4.90 Å². The Balaban J connectivity index is 2.04. The molecule has 18 heavy (non-hydrogen) atoms. The number of halogens is 1. The molecule has 92 valence electrons. The number of hydrogen-bond acceptors (Lipinski definition) is 2. The summed E-state index contributed by atoms with van der Waals surface area (Å²) in [5.74, 6) is -0.409. The molecular formula is C14H12FNOS. The van der Waals surface area contributed by atoms with E-state index in [1.807, 2.05) is 17.5 Å². The first-order chi connectivity index (χ1) is 8.77. The number of fused-ring (bicyclic) bond motifs is 1. The van der Waals surface area contributed by atoms with Crippen molar-refractivity contribution >= 4 is 22.9 Å². The first kappa shape index (κ1) is 11.4. The van der Waals surface area contributed by atoms with Crippen molar-refractivity contribution in [1.29, 1.82) is 0 Å². The van der Waals surface area contributed by atoms with Crippen LogP contribution in [0.1, 0.15) is 21.7 Å². The Morgan fingerprint density at radius 2 is 2.17 bits per heavy atom. The third-order valence-electron chi connectivity index (χ3n) is 3.15. The van der Waals surface area contributed by atoms with Crippen molar-refractivity contribution in [3.8, 4) is 0 Å².